The first-order valence-corrected chi connectivity index (χ1v) is 6.18. The van der Waals surface area contributed by atoms with Crippen LogP contribution in [0.2, 0.25) is 0 Å². The molecule has 1 aromatic rings. The van der Waals surface area contributed by atoms with Crippen LogP contribution >= 0.6 is 0 Å². The first kappa shape index (κ1) is 15.0. The molecule has 0 bridgehead atoms. The Bertz CT molecular complexity index is 463. The average Bonchev–Trinajstić information content (AvgIpc) is 2.38. The molecule has 0 radical (unpaired) electrons. The third-order valence-electron chi connectivity index (χ3n) is 2.77. The van der Waals surface area contributed by atoms with Gasteiger partial charge in [-0.05, 0) is 12.5 Å². The second-order valence-corrected chi connectivity index (χ2v) is 4.48. The fourth-order valence-corrected chi connectivity index (χ4v) is 1.52. The molecule has 4 nitrogen and oxygen atoms in total. The van der Waals surface area contributed by atoms with E-state index in [0.717, 1.165) is 5.56 Å². The lowest BCUT2D eigenvalue weighted by Crippen LogP contribution is -2.28. The minimum absolute atomic E-state index is 0.0239. The summed E-state index contributed by atoms with van der Waals surface area (Å²) in [5.74, 6) is -0.973. The molecule has 0 aromatic heterocycles. The number of carbonyl (C=O) groups excluding carboxylic acids is 1. The summed E-state index contributed by atoms with van der Waals surface area (Å²) in [6.45, 7) is 2.26. The summed E-state index contributed by atoms with van der Waals surface area (Å²) >= 11 is 0. The van der Waals surface area contributed by atoms with Crippen molar-refractivity contribution in [2.45, 2.75) is 19.8 Å². The Morgan fingerprint density at radius 3 is 2.47 bits per heavy atom. The topological polar surface area (TPSA) is 57.6 Å². The number of hydrogen-bond acceptors (Lipinski definition) is 2. The molecular formula is C15H19NO3. The molecule has 1 amide bonds. The highest BCUT2D eigenvalue weighted by molar-refractivity contribution is 5.79. The van der Waals surface area contributed by atoms with Gasteiger partial charge in [-0.25, -0.2) is 0 Å². The lowest BCUT2D eigenvalue weighted by atomic mass is 10.1. The fraction of sp³-hybridized carbons (Fsp3) is 0.333. The normalized spacial score (nSPS) is 10.6. The summed E-state index contributed by atoms with van der Waals surface area (Å²) in [6.07, 6.45) is 3.94. The quantitative estimate of drug-likeness (QED) is 0.855. The van der Waals surface area contributed by atoms with Crippen molar-refractivity contribution in [1.82, 2.24) is 4.90 Å². The molecular weight excluding hydrogens is 242 g/mol. The molecule has 0 fully saturated rings. The molecule has 0 aliphatic rings. The van der Waals surface area contributed by atoms with E-state index in [0.29, 0.717) is 0 Å². The molecule has 0 saturated carbocycles. The van der Waals surface area contributed by atoms with Gasteiger partial charge in [-0.3, -0.25) is 9.59 Å². The van der Waals surface area contributed by atoms with Crippen molar-refractivity contribution >= 4 is 18.0 Å². The number of aliphatic carboxylic acids is 1. The van der Waals surface area contributed by atoms with Gasteiger partial charge in [-0.2, -0.15) is 0 Å². The minimum Gasteiger partial charge on any atom is -0.481 e. The molecule has 0 spiro atoms. The van der Waals surface area contributed by atoms with Crippen LogP contribution in [0.3, 0.4) is 0 Å². The van der Waals surface area contributed by atoms with Crippen LogP contribution in [-0.4, -0.2) is 35.5 Å². The maximum Gasteiger partial charge on any atom is 0.305 e. The van der Waals surface area contributed by atoms with Gasteiger partial charge in [0, 0.05) is 20.0 Å². The second-order valence-electron chi connectivity index (χ2n) is 4.48. The molecule has 19 heavy (non-hydrogen) atoms. The van der Waals surface area contributed by atoms with Crippen LogP contribution in [0.4, 0.5) is 0 Å². The average molecular weight is 261 g/mol. The minimum atomic E-state index is -0.894. The maximum absolute atomic E-state index is 11.7. The van der Waals surface area contributed by atoms with Crippen LogP contribution in [0.25, 0.3) is 6.08 Å². The largest absolute Gasteiger partial charge is 0.481 e. The fourth-order valence-electron chi connectivity index (χ4n) is 1.52. The molecule has 0 aliphatic heterocycles. The Morgan fingerprint density at radius 1 is 1.26 bits per heavy atom. The van der Waals surface area contributed by atoms with E-state index in [4.69, 9.17) is 5.11 Å². The highest BCUT2D eigenvalue weighted by atomic mass is 16.4. The third-order valence-corrected chi connectivity index (χ3v) is 2.77. The standard InChI is InChI=1S/C15H19NO3/c1-12-6-8-13(9-7-12)4-3-5-14(17)16(2)11-10-15(18)19/h3-4,6-9H,5,10-11H2,1-2H3,(H,18,19)/b4-3+. The van der Waals surface area contributed by atoms with Gasteiger partial charge in [-0.15, -0.1) is 0 Å². The van der Waals surface area contributed by atoms with Crippen LogP contribution < -0.4 is 0 Å². The zero-order valence-corrected chi connectivity index (χ0v) is 11.3. The molecule has 102 valence electrons. The Balaban J connectivity index is 2.40. The summed E-state index contributed by atoms with van der Waals surface area (Å²) in [5, 5.41) is 8.54. The van der Waals surface area contributed by atoms with Gasteiger partial charge in [0.15, 0.2) is 0 Å². The molecule has 4 heteroatoms. The van der Waals surface area contributed by atoms with Crippen LogP contribution in [0, 0.1) is 6.92 Å². The molecule has 1 aromatic carbocycles. The lowest BCUT2D eigenvalue weighted by Gasteiger charge is -2.14. The Labute approximate surface area is 113 Å². The number of carbonyl (C=O) groups is 2. The van der Waals surface area contributed by atoms with Crippen LogP contribution in [0.15, 0.2) is 30.3 Å². The first-order valence-electron chi connectivity index (χ1n) is 6.18. The summed E-state index contributed by atoms with van der Waals surface area (Å²) < 4.78 is 0. The predicted octanol–water partition coefficient (Wildman–Crippen LogP) is 2.33. The van der Waals surface area contributed by atoms with Crippen LogP contribution in [0.5, 0.6) is 0 Å². The predicted molar refractivity (Wildman–Crippen MR) is 74.7 cm³/mol. The smallest absolute Gasteiger partial charge is 0.305 e. The van der Waals surface area contributed by atoms with Gasteiger partial charge in [-0.1, -0.05) is 42.0 Å². The van der Waals surface area contributed by atoms with Gasteiger partial charge in [0.1, 0.15) is 0 Å². The number of benzene rings is 1. The van der Waals surface area contributed by atoms with E-state index in [2.05, 4.69) is 0 Å². The van der Waals surface area contributed by atoms with E-state index in [9.17, 15) is 9.59 Å². The lowest BCUT2D eigenvalue weighted by molar-refractivity contribution is -0.138. The van der Waals surface area contributed by atoms with Crippen molar-refractivity contribution < 1.29 is 14.7 Å². The van der Waals surface area contributed by atoms with Crippen molar-refractivity contribution in [1.29, 1.82) is 0 Å². The van der Waals surface area contributed by atoms with Crippen LogP contribution in [0.1, 0.15) is 24.0 Å². The molecule has 1 N–H and O–H groups in total. The van der Waals surface area contributed by atoms with Crippen molar-refractivity contribution in [2.24, 2.45) is 0 Å². The van der Waals surface area contributed by atoms with E-state index < -0.39 is 5.97 Å². The van der Waals surface area contributed by atoms with E-state index in [-0.39, 0.29) is 25.3 Å². The highest BCUT2D eigenvalue weighted by Crippen LogP contribution is 2.06. The Morgan fingerprint density at radius 2 is 1.89 bits per heavy atom. The van der Waals surface area contributed by atoms with Gasteiger partial charge in [0.2, 0.25) is 5.91 Å². The number of carboxylic acids is 1. The number of hydrogen-bond donors (Lipinski definition) is 1. The number of carboxylic acid groups (broad SMARTS) is 1. The molecule has 0 heterocycles. The Kier molecular flexibility index (Phi) is 5.79. The van der Waals surface area contributed by atoms with E-state index in [1.165, 1.54) is 10.5 Å². The second kappa shape index (κ2) is 7.36. The van der Waals surface area contributed by atoms with Gasteiger partial charge in [0.05, 0.1) is 6.42 Å². The molecule has 0 aliphatic carbocycles. The van der Waals surface area contributed by atoms with Gasteiger partial charge >= 0.3 is 5.97 Å². The number of nitrogens with zero attached hydrogens (tertiary/aromatic N) is 1. The molecule has 0 unspecified atom stereocenters. The van der Waals surface area contributed by atoms with E-state index >= 15 is 0 Å². The molecule has 0 atom stereocenters. The Hall–Kier alpha value is -2.10. The zero-order chi connectivity index (χ0) is 14.3. The van der Waals surface area contributed by atoms with Gasteiger partial charge < -0.3 is 10.0 Å². The molecule has 1 rings (SSSR count). The van der Waals surface area contributed by atoms with Crippen molar-refractivity contribution in [3.05, 3.63) is 41.5 Å². The maximum atomic E-state index is 11.7. The SMILES string of the molecule is Cc1ccc(/C=C/CC(=O)N(C)CCC(=O)O)cc1. The summed E-state index contributed by atoms with van der Waals surface area (Å²) in [5.41, 5.74) is 2.24. The summed E-state index contributed by atoms with van der Waals surface area (Å²) in [7, 11) is 1.62. The molecule has 0 saturated heterocycles. The number of amides is 1. The first-order chi connectivity index (χ1) is 8.99. The summed E-state index contributed by atoms with van der Waals surface area (Å²) in [6, 6.07) is 8.01. The third kappa shape index (κ3) is 5.86. The van der Waals surface area contributed by atoms with E-state index in [1.807, 2.05) is 37.3 Å². The summed E-state index contributed by atoms with van der Waals surface area (Å²) in [4.78, 5) is 23.5. The van der Waals surface area contributed by atoms with Crippen LogP contribution in [-0.2, 0) is 9.59 Å². The monoisotopic (exact) mass is 261 g/mol. The van der Waals surface area contributed by atoms with Crippen molar-refractivity contribution in [3.63, 3.8) is 0 Å². The zero-order valence-electron chi connectivity index (χ0n) is 11.3. The highest BCUT2D eigenvalue weighted by Gasteiger charge is 2.08. The van der Waals surface area contributed by atoms with E-state index in [1.54, 1.807) is 13.1 Å². The van der Waals surface area contributed by atoms with Crippen molar-refractivity contribution in [2.75, 3.05) is 13.6 Å². The number of rotatable bonds is 6. The number of aryl methyl sites for hydroxylation is 1. The van der Waals surface area contributed by atoms with Gasteiger partial charge in [0.25, 0.3) is 0 Å². The van der Waals surface area contributed by atoms with Crippen molar-refractivity contribution in [3.8, 4) is 0 Å².